The van der Waals surface area contributed by atoms with Crippen molar-refractivity contribution < 1.29 is 9.90 Å². The SMILES string of the molecule is CCCCCCCCN(C(=O)c1c[nH]c2ccc(O)cc12)c1ccccc1. The fraction of sp³-hybridized carbons (Fsp3) is 0.348. The Hall–Kier alpha value is -2.75. The number of fused-ring (bicyclic) bond motifs is 1. The quantitative estimate of drug-likeness (QED) is 0.466. The number of hydrogen-bond donors (Lipinski definition) is 2. The number of phenols is 1. The summed E-state index contributed by atoms with van der Waals surface area (Å²) < 4.78 is 0. The number of benzene rings is 2. The average molecular weight is 364 g/mol. The van der Waals surface area contributed by atoms with Crippen LogP contribution in [0, 0.1) is 0 Å². The van der Waals surface area contributed by atoms with Gasteiger partial charge >= 0.3 is 0 Å². The number of H-pyrrole nitrogens is 1. The van der Waals surface area contributed by atoms with Gasteiger partial charge in [-0.3, -0.25) is 4.79 Å². The van der Waals surface area contributed by atoms with E-state index in [4.69, 9.17) is 0 Å². The Morgan fingerprint density at radius 2 is 1.74 bits per heavy atom. The first kappa shape index (κ1) is 19.0. The summed E-state index contributed by atoms with van der Waals surface area (Å²) in [5.41, 5.74) is 2.35. The molecule has 3 aromatic rings. The monoisotopic (exact) mass is 364 g/mol. The normalized spacial score (nSPS) is 11.0. The Kier molecular flexibility index (Phi) is 6.53. The molecule has 142 valence electrons. The number of aromatic amines is 1. The van der Waals surface area contributed by atoms with Gasteiger partial charge in [0.1, 0.15) is 5.75 Å². The van der Waals surface area contributed by atoms with E-state index < -0.39 is 0 Å². The molecular weight excluding hydrogens is 336 g/mol. The van der Waals surface area contributed by atoms with Gasteiger partial charge < -0.3 is 15.0 Å². The zero-order valence-corrected chi connectivity index (χ0v) is 15.9. The van der Waals surface area contributed by atoms with Crippen molar-refractivity contribution in [2.24, 2.45) is 0 Å². The molecular formula is C23H28N2O2. The topological polar surface area (TPSA) is 56.3 Å². The molecule has 0 aliphatic heterocycles. The average Bonchev–Trinajstić information content (AvgIpc) is 3.10. The number of nitrogens with zero attached hydrogens (tertiary/aromatic N) is 1. The van der Waals surface area contributed by atoms with Crippen LogP contribution < -0.4 is 4.90 Å². The minimum atomic E-state index is -0.0355. The maximum Gasteiger partial charge on any atom is 0.260 e. The summed E-state index contributed by atoms with van der Waals surface area (Å²) in [6.45, 7) is 2.91. The van der Waals surface area contributed by atoms with Crippen molar-refractivity contribution in [1.29, 1.82) is 0 Å². The van der Waals surface area contributed by atoms with Gasteiger partial charge in [-0.2, -0.15) is 0 Å². The molecule has 0 radical (unpaired) electrons. The molecule has 1 amide bonds. The molecule has 27 heavy (non-hydrogen) atoms. The lowest BCUT2D eigenvalue weighted by molar-refractivity contribution is 0.0988. The zero-order chi connectivity index (χ0) is 19.1. The van der Waals surface area contributed by atoms with Crippen LogP contribution >= 0.6 is 0 Å². The Balaban J connectivity index is 1.79. The number of rotatable bonds is 9. The molecule has 0 fully saturated rings. The lowest BCUT2D eigenvalue weighted by atomic mass is 10.1. The first-order valence-electron chi connectivity index (χ1n) is 9.87. The highest BCUT2D eigenvalue weighted by atomic mass is 16.3. The molecule has 0 aliphatic rings. The number of carbonyl (C=O) groups is 1. The molecule has 3 rings (SSSR count). The predicted molar refractivity (Wildman–Crippen MR) is 111 cm³/mol. The van der Waals surface area contributed by atoms with Gasteiger partial charge in [0.05, 0.1) is 5.56 Å². The number of aromatic hydroxyl groups is 1. The van der Waals surface area contributed by atoms with Crippen LogP contribution in [0.3, 0.4) is 0 Å². The van der Waals surface area contributed by atoms with Crippen LogP contribution in [0.1, 0.15) is 55.8 Å². The Bertz CT molecular complexity index is 870. The molecule has 0 aliphatic carbocycles. The van der Waals surface area contributed by atoms with Crippen LogP contribution in [0.15, 0.2) is 54.7 Å². The van der Waals surface area contributed by atoms with E-state index in [9.17, 15) is 9.90 Å². The first-order chi connectivity index (χ1) is 13.2. The van der Waals surface area contributed by atoms with Crippen molar-refractivity contribution in [2.75, 3.05) is 11.4 Å². The summed E-state index contributed by atoms with van der Waals surface area (Å²) in [6.07, 6.45) is 8.85. The van der Waals surface area contributed by atoms with Crippen molar-refractivity contribution >= 4 is 22.5 Å². The standard InChI is InChI=1S/C23H28N2O2/c1-2-3-4-5-6-10-15-25(18-11-8-7-9-12-18)23(27)21-17-24-22-14-13-19(26)16-20(21)22/h7-9,11-14,16-17,24,26H,2-6,10,15H2,1H3. The Labute approximate surface area is 160 Å². The number of carbonyl (C=O) groups excluding carboxylic acids is 1. The van der Waals surface area contributed by atoms with Crippen LogP contribution in [-0.4, -0.2) is 22.5 Å². The molecule has 2 aromatic carbocycles. The van der Waals surface area contributed by atoms with Gasteiger partial charge in [-0.1, -0.05) is 57.2 Å². The Morgan fingerprint density at radius 1 is 1.00 bits per heavy atom. The van der Waals surface area contributed by atoms with Crippen molar-refractivity contribution in [3.8, 4) is 5.75 Å². The highest BCUT2D eigenvalue weighted by Crippen LogP contribution is 2.26. The molecule has 4 nitrogen and oxygen atoms in total. The van der Waals surface area contributed by atoms with E-state index in [1.54, 1.807) is 24.4 Å². The minimum Gasteiger partial charge on any atom is -0.508 e. The van der Waals surface area contributed by atoms with E-state index in [0.29, 0.717) is 12.1 Å². The summed E-state index contributed by atoms with van der Waals surface area (Å²) in [7, 11) is 0. The van der Waals surface area contributed by atoms with Crippen LogP contribution in [0.25, 0.3) is 10.9 Å². The van der Waals surface area contributed by atoms with Gasteiger partial charge in [-0.25, -0.2) is 0 Å². The third-order valence-electron chi connectivity index (χ3n) is 4.94. The highest BCUT2D eigenvalue weighted by molar-refractivity contribution is 6.14. The number of para-hydroxylation sites is 1. The molecule has 0 unspecified atom stereocenters. The largest absolute Gasteiger partial charge is 0.508 e. The summed E-state index contributed by atoms with van der Waals surface area (Å²) in [4.78, 5) is 18.3. The van der Waals surface area contributed by atoms with Crippen LogP contribution in [0.4, 0.5) is 5.69 Å². The summed E-state index contributed by atoms with van der Waals surface area (Å²) in [5, 5.41) is 10.6. The summed E-state index contributed by atoms with van der Waals surface area (Å²) in [5.74, 6) is 0.130. The highest BCUT2D eigenvalue weighted by Gasteiger charge is 2.20. The number of hydrogen-bond acceptors (Lipinski definition) is 2. The van der Waals surface area contributed by atoms with Crippen molar-refractivity contribution in [2.45, 2.75) is 45.4 Å². The number of unbranched alkanes of at least 4 members (excludes halogenated alkanes) is 5. The second-order valence-corrected chi connectivity index (χ2v) is 6.99. The van der Waals surface area contributed by atoms with E-state index in [1.165, 1.54) is 25.7 Å². The predicted octanol–water partition coefficient (Wildman–Crippen LogP) is 5.88. The van der Waals surface area contributed by atoms with Crippen molar-refractivity contribution in [3.05, 3.63) is 60.3 Å². The third kappa shape index (κ3) is 4.70. The molecule has 4 heteroatoms. The lowest BCUT2D eigenvalue weighted by Crippen LogP contribution is -2.31. The molecule has 1 aromatic heterocycles. The molecule has 2 N–H and O–H groups in total. The molecule has 0 spiro atoms. The fourth-order valence-corrected chi connectivity index (χ4v) is 3.44. The molecule has 0 bridgehead atoms. The van der Waals surface area contributed by atoms with Crippen LogP contribution in [0.2, 0.25) is 0 Å². The van der Waals surface area contributed by atoms with Crippen LogP contribution in [0.5, 0.6) is 5.75 Å². The Morgan fingerprint density at radius 3 is 2.52 bits per heavy atom. The van der Waals surface area contributed by atoms with E-state index in [0.717, 1.165) is 29.4 Å². The summed E-state index contributed by atoms with van der Waals surface area (Å²) in [6, 6.07) is 14.9. The van der Waals surface area contributed by atoms with E-state index in [2.05, 4.69) is 11.9 Å². The molecule has 0 saturated carbocycles. The van der Waals surface area contributed by atoms with Crippen LogP contribution in [-0.2, 0) is 0 Å². The number of nitrogens with one attached hydrogen (secondary N) is 1. The van der Waals surface area contributed by atoms with Crippen molar-refractivity contribution in [1.82, 2.24) is 4.98 Å². The number of anilines is 1. The van der Waals surface area contributed by atoms with Gasteiger partial charge in [0.25, 0.3) is 5.91 Å². The molecule has 0 saturated heterocycles. The molecule has 0 atom stereocenters. The van der Waals surface area contributed by atoms with Gasteiger partial charge in [0.15, 0.2) is 0 Å². The fourth-order valence-electron chi connectivity index (χ4n) is 3.44. The molecule has 1 heterocycles. The second kappa shape index (κ2) is 9.26. The number of aromatic nitrogens is 1. The number of phenolic OH excluding ortho intramolecular Hbond substituents is 1. The van der Waals surface area contributed by atoms with Gasteiger partial charge in [0.2, 0.25) is 0 Å². The van der Waals surface area contributed by atoms with Crippen molar-refractivity contribution in [3.63, 3.8) is 0 Å². The van der Waals surface area contributed by atoms with Gasteiger partial charge in [0, 0.05) is 29.3 Å². The second-order valence-electron chi connectivity index (χ2n) is 6.99. The lowest BCUT2D eigenvalue weighted by Gasteiger charge is -2.23. The maximum absolute atomic E-state index is 13.3. The number of amides is 1. The van der Waals surface area contributed by atoms with E-state index in [1.807, 2.05) is 35.2 Å². The van der Waals surface area contributed by atoms with Gasteiger partial charge in [-0.05, 0) is 36.8 Å². The zero-order valence-electron chi connectivity index (χ0n) is 15.9. The smallest absolute Gasteiger partial charge is 0.260 e. The first-order valence-corrected chi connectivity index (χ1v) is 9.87. The maximum atomic E-state index is 13.3. The van der Waals surface area contributed by atoms with E-state index >= 15 is 0 Å². The summed E-state index contributed by atoms with van der Waals surface area (Å²) >= 11 is 0. The third-order valence-corrected chi connectivity index (χ3v) is 4.94. The minimum absolute atomic E-state index is 0.0355. The van der Waals surface area contributed by atoms with E-state index in [-0.39, 0.29) is 11.7 Å². The van der Waals surface area contributed by atoms with Gasteiger partial charge in [-0.15, -0.1) is 0 Å².